The van der Waals surface area contributed by atoms with Gasteiger partial charge in [-0.05, 0) is 12.1 Å². The first-order chi connectivity index (χ1) is 14.5. The molecule has 8 nitrogen and oxygen atoms in total. The Balaban J connectivity index is 1.27. The van der Waals surface area contributed by atoms with Crippen LogP contribution in [0.1, 0.15) is 16.1 Å². The van der Waals surface area contributed by atoms with Crippen molar-refractivity contribution in [2.24, 2.45) is 0 Å². The number of halogens is 1. The zero-order chi connectivity index (χ0) is 21.1. The van der Waals surface area contributed by atoms with Crippen LogP contribution in [-0.2, 0) is 11.3 Å². The lowest BCUT2D eigenvalue weighted by Crippen LogP contribution is -2.51. The van der Waals surface area contributed by atoms with Crippen molar-refractivity contribution in [1.82, 2.24) is 24.5 Å². The van der Waals surface area contributed by atoms with Gasteiger partial charge in [0.15, 0.2) is 4.96 Å². The van der Waals surface area contributed by atoms with Crippen molar-refractivity contribution >= 4 is 39.7 Å². The molecular formula is C20H20ClN5O3S. The highest BCUT2D eigenvalue weighted by Gasteiger charge is 2.22. The first kappa shape index (κ1) is 20.5. The second kappa shape index (κ2) is 8.95. The summed E-state index contributed by atoms with van der Waals surface area (Å²) in [6.07, 6.45) is 1.72. The Hall–Kier alpha value is -2.75. The Morgan fingerprint density at radius 1 is 1.17 bits per heavy atom. The van der Waals surface area contributed by atoms with Gasteiger partial charge in [-0.15, -0.1) is 11.3 Å². The lowest BCUT2D eigenvalue weighted by molar-refractivity contribution is -0.131. The number of rotatable bonds is 5. The van der Waals surface area contributed by atoms with E-state index in [4.69, 9.17) is 11.6 Å². The number of carbonyl (C=O) groups excluding carboxylic acids is 2. The number of aromatic nitrogens is 2. The summed E-state index contributed by atoms with van der Waals surface area (Å²) in [5, 5.41) is 4.82. The molecule has 3 heterocycles. The maximum atomic E-state index is 12.4. The largest absolute Gasteiger partial charge is 0.343 e. The van der Waals surface area contributed by atoms with Gasteiger partial charge in [-0.2, -0.15) is 0 Å². The minimum Gasteiger partial charge on any atom is -0.343 e. The third-order valence-electron chi connectivity index (χ3n) is 4.99. The number of nitrogens with one attached hydrogen (secondary N) is 1. The highest BCUT2D eigenvalue weighted by molar-refractivity contribution is 7.15. The Kier molecular flexibility index (Phi) is 6.12. The first-order valence-electron chi connectivity index (χ1n) is 9.50. The fourth-order valence-corrected chi connectivity index (χ4v) is 4.32. The molecule has 1 aromatic carbocycles. The average Bonchev–Trinajstić information content (AvgIpc) is 3.22. The van der Waals surface area contributed by atoms with E-state index >= 15 is 0 Å². The van der Waals surface area contributed by atoms with E-state index in [2.05, 4.69) is 15.2 Å². The van der Waals surface area contributed by atoms with Crippen molar-refractivity contribution < 1.29 is 9.59 Å². The molecule has 1 fully saturated rings. The van der Waals surface area contributed by atoms with Crippen LogP contribution < -0.4 is 10.9 Å². The molecule has 2 amide bonds. The summed E-state index contributed by atoms with van der Waals surface area (Å²) in [6.45, 7) is 2.96. The maximum Gasteiger partial charge on any atom is 0.258 e. The molecule has 0 spiro atoms. The first-order valence-corrected chi connectivity index (χ1v) is 10.8. The van der Waals surface area contributed by atoms with Crippen LogP contribution in [0.3, 0.4) is 0 Å². The summed E-state index contributed by atoms with van der Waals surface area (Å²) in [6, 6.07) is 8.28. The molecule has 0 saturated carbocycles. The molecule has 0 atom stereocenters. The molecule has 10 heteroatoms. The van der Waals surface area contributed by atoms with Crippen LogP contribution in [0.15, 0.2) is 46.7 Å². The fourth-order valence-electron chi connectivity index (χ4n) is 3.36. The highest BCUT2D eigenvalue weighted by Crippen LogP contribution is 2.14. The smallest absolute Gasteiger partial charge is 0.258 e. The SMILES string of the molecule is O=C(NCC(=O)N1CCN(Cc2cc(=O)n3ccsc3n2)CC1)c1ccccc1Cl. The van der Waals surface area contributed by atoms with Crippen LogP contribution in [0.5, 0.6) is 0 Å². The minimum absolute atomic E-state index is 0.0720. The summed E-state index contributed by atoms with van der Waals surface area (Å²) in [7, 11) is 0. The van der Waals surface area contributed by atoms with Crippen LogP contribution >= 0.6 is 22.9 Å². The molecule has 1 N–H and O–H groups in total. The molecule has 4 rings (SSSR count). The molecule has 1 saturated heterocycles. The number of thiazole rings is 1. The third-order valence-corrected chi connectivity index (χ3v) is 6.07. The second-order valence-corrected chi connectivity index (χ2v) is 8.24. The molecule has 2 aromatic heterocycles. The number of amides is 2. The van der Waals surface area contributed by atoms with Crippen molar-refractivity contribution in [2.45, 2.75) is 6.54 Å². The predicted octanol–water partition coefficient (Wildman–Crippen LogP) is 1.48. The van der Waals surface area contributed by atoms with Crippen molar-refractivity contribution in [3.8, 4) is 0 Å². The van der Waals surface area contributed by atoms with E-state index in [1.54, 1.807) is 41.4 Å². The van der Waals surface area contributed by atoms with Crippen molar-refractivity contribution in [3.05, 3.63) is 68.5 Å². The van der Waals surface area contributed by atoms with Gasteiger partial charge in [-0.1, -0.05) is 23.7 Å². The average molecular weight is 446 g/mol. The maximum absolute atomic E-state index is 12.4. The molecule has 30 heavy (non-hydrogen) atoms. The zero-order valence-electron chi connectivity index (χ0n) is 16.1. The second-order valence-electron chi connectivity index (χ2n) is 6.96. The van der Waals surface area contributed by atoms with Gasteiger partial charge >= 0.3 is 0 Å². The van der Waals surface area contributed by atoms with Gasteiger partial charge in [-0.3, -0.25) is 23.7 Å². The van der Waals surface area contributed by atoms with Crippen LogP contribution in [0.2, 0.25) is 5.02 Å². The number of hydrogen-bond acceptors (Lipinski definition) is 6. The summed E-state index contributed by atoms with van der Waals surface area (Å²) < 4.78 is 1.53. The summed E-state index contributed by atoms with van der Waals surface area (Å²) in [5.74, 6) is -0.500. The van der Waals surface area contributed by atoms with Crippen molar-refractivity contribution in [3.63, 3.8) is 0 Å². The Morgan fingerprint density at radius 2 is 1.93 bits per heavy atom. The Bertz CT molecular complexity index is 1140. The van der Waals surface area contributed by atoms with E-state index in [-0.39, 0.29) is 23.9 Å². The number of nitrogens with zero attached hydrogens (tertiary/aromatic N) is 4. The Morgan fingerprint density at radius 3 is 2.70 bits per heavy atom. The van der Waals surface area contributed by atoms with E-state index in [1.165, 1.54) is 15.7 Å². The molecular weight excluding hydrogens is 426 g/mol. The quantitative estimate of drug-likeness (QED) is 0.643. The van der Waals surface area contributed by atoms with Gasteiger partial charge in [0.05, 0.1) is 22.8 Å². The number of benzene rings is 1. The van der Waals surface area contributed by atoms with E-state index in [1.807, 2.05) is 5.38 Å². The number of hydrogen-bond donors (Lipinski definition) is 1. The predicted molar refractivity (Wildman–Crippen MR) is 115 cm³/mol. The van der Waals surface area contributed by atoms with Gasteiger partial charge in [0, 0.05) is 50.4 Å². The molecule has 0 bridgehead atoms. The molecule has 1 aliphatic heterocycles. The molecule has 0 unspecified atom stereocenters. The number of carbonyl (C=O) groups is 2. The fraction of sp³-hybridized carbons (Fsp3) is 0.300. The van der Waals surface area contributed by atoms with Crippen LogP contribution in [0.25, 0.3) is 4.96 Å². The zero-order valence-corrected chi connectivity index (χ0v) is 17.7. The normalized spacial score (nSPS) is 14.8. The van der Waals surface area contributed by atoms with E-state index in [0.717, 1.165) is 5.69 Å². The molecule has 0 aliphatic carbocycles. The number of fused-ring (bicyclic) bond motifs is 1. The van der Waals surface area contributed by atoms with Gasteiger partial charge in [0.2, 0.25) is 5.91 Å². The minimum atomic E-state index is -0.367. The van der Waals surface area contributed by atoms with Crippen molar-refractivity contribution in [1.29, 1.82) is 0 Å². The summed E-state index contributed by atoms with van der Waals surface area (Å²) >= 11 is 7.44. The lowest BCUT2D eigenvalue weighted by Gasteiger charge is -2.34. The molecule has 0 radical (unpaired) electrons. The van der Waals surface area contributed by atoms with Crippen LogP contribution in [0.4, 0.5) is 0 Å². The van der Waals surface area contributed by atoms with Crippen molar-refractivity contribution in [2.75, 3.05) is 32.7 Å². The van der Waals surface area contributed by atoms with Gasteiger partial charge in [0.25, 0.3) is 11.5 Å². The van der Waals surface area contributed by atoms with E-state index in [9.17, 15) is 14.4 Å². The molecule has 1 aliphatic rings. The number of piperazine rings is 1. The highest BCUT2D eigenvalue weighted by atomic mass is 35.5. The third kappa shape index (κ3) is 4.53. The van der Waals surface area contributed by atoms with Gasteiger partial charge < -0.3 is 10.2 Å². The van der Waals surface area contributed by atoms with E-state index < -0.39 is 0 Å². The molecule has 3 aromatic rings. The van der Waals surface area contributed by atoms with Gasteiger partial charge in [0.1, 0.15) is 0 Å². The summed E-state index contributed by atoms with van der Waals surface area (Å²) in [4.78, 5) is 45.9. The monoisotopic (exact) mass is 445 g/mol. The topological polar surface area (TPSA) is 87.0 Å². The van der Waals surface area contributed by atoms with Crippen LogP contribution in [-0.4, -0.2) is 63.7 Å². The summed E-state index contributed by atoms with van der Waals surface area (Å²) in [5.41, 5.74) is 0.997. The lowest BCUT2D eigenvalue weighted by atomic mass is 10.2. The van der Waals surface area contributed by atoms with E-state index in [0.29, 0.717) is 48.3 Å². The molecule has 156 valence electrons. The van der Waals surface area contributed by atoms with Crippen LogP contribution in [0, 0.1) is 0 Å². The Labute approximate surface area is 181 Å². The standard InChI is InChI=1S/C20H20ClN5O3S/c21-16-4-2-1-3-15(16)19(29)22-12-18(28)25-7-5-24(6-8-25)13-14-11-17(27)26-9-10-30-20(26)23-14/h1-4,9-11H,5-8,12-13H2,(H,22,29). The van der Waals surface area contributed by atoms with Gasteiger partial charge in [-0.25, -0.2) is 4.98 Å².